The van der Waals surface area contributed by atoms with Gasteiger partial charge in [0.2, 0.25) is 0 Å². The molecular formula is C24H30O8S4. The molecule has 2 aliphatic heterocycles. The number of carbonyl (C=O) groups excluding carboxylic acids is 4. The van der Waals surface area contributed by atoms with Crippen LogP contribution in [0.15, 0.2) is 31.7 Å². The van der Waals surface area contributed by atoms with E-state index in [9.17, 15) is 19.2 Å². The summed E-state index contributed by atoms with van der Waals surface area (Å²) < 4.78 is 19.2. The second kappa shape index (κ2) is 12.8. The highest BCUT2D eigenvalue weighted by Crippen LogP contribution is 2.65. The third kappa shape index (κ3) is 7.29. The maximum absolute atomic E-state index is 12.4. The Morgan fingerprint density at radius 1 is 0.528 bits per heavy atom. The van der Waals surface area contributed by atoms with Crippen LogP contribution in [0.4, 0.5) is 0 Å². The number of esters is 4. The second-order valence-electron chi connectivity index (χ2n) is 7.90. The molecule has 2 aliphatic rings. The van der Waals surface area contributed by atoms with Crippen LogP contribution < -0.4 is 0 Å². The molecule has 0 N–H and O–H groups in total. The molecule has 0 amide bonds. The lowest BCUT2D eigenvalue weighted by molar-refractivity contribution is -0.146. The molecule has 1 aromatic carbocycles. The monoisotopic (exact) mass is 574 g/mol. The zero-order valence-electron chi connectivity index (χ0n) is 20.7. The van der Waals surface area contributed by atoms with E-state index in [4.69, 9.17) is 18.9 Å². The number of ether oxygens (including phenoxy) is 4. The summed E-state index contributed by atoms with van der Waals surface area (Å²) in [6, 6.07) is 4.02. The van der Waals surface area contributed by atoms with Gasteiger partial charge in [-0.25, -0.2) is 0 Å². The van der Waals surface area contributed by atoms with Gasteiger partial charge in [-0.2, -0.15) is 0 Å². The maximum Gasteiger partial charge on any atom is 0.308 e. The van der Waals surface area contributed by atoms with E-state index in [-0.39, 0.29) is 76.0 Å². The quantitative estimate of drug-likeness (QED) is 0.239. The summed E-state index contributed by atoms with van der Waals surface area (Å²) in [4.78, 5) is 53.3. The predicted molar refractivity (Wildman–Crippen MR) is 140 cm³/mol. The molecule has 8 nitrogen and oxygen atoms in total. The molecule has 0 aromatic heterocycles. The third-order valence-corrected chi connectivity index (χ3v) is 11.2. The summed E-state index contributed by atoms with van der Waals surface area (Å²) in [5, 5.41) is 0. The van der Waals surface area contributed by atoms with Gasteiger partial charge in [0, 0.05) is 19.6 Å². The van der Waals surface area contributed by atoms with Crippen molar-refractivity contribution >= 4 is 70.9 Å². The van der Waals surface area contributed by atoms with E-state index < -0.39 is 8.16 Å². The fraction of sp³-hybridized carbons (Fsp3) is 0.583. The van der Waals surface area contributed by atoms with Crippen LogP contribution in [0.25, 0.3) is 0 Å². The summed E-state index contributed by atoms with van der Waals surface area (Å²) in [6.07, 6.45) is 0.239. The molecule has 0 spiro atoms. The van der Waals surface area contributed by atoms with Crippen molar-refractivity contribution in [3.8, 4) is 0 Å². The molecule has 0 unspecified atom stereocenters. The Hall–Kier alpha value is -1.50. The Morgan fingerprint density at radius 2 is 0.750 bits per heavy atom. The smallest absolute Gasteiger partial charge is 0.308 e. The van der Waals surface area contributed by atoms with Crippen molar-refractivity contribution in [3.63, 3.8) is 0 Å². The Balaban J connectivity index is 1.86. The maximum atomic E-state index is 12.4. The van der Waals surface area contributed by atoms with Gasteiger partial charge >= 0.3 is 23.9 Å². The van der Waals surface area contributed by atoms with Gasteiger partial charge < -0.3 is 18.9 Å². The first-order valence-electron chi connectivity index (χ1n) is 11.7. The van der Waals surface area contributed by atoms with Gasteiger partial charge in [-0.3, -0.25) is 19.2 Å². The van der Waals surface area contributed by atoms with Crippen molar-refractivity contribution in [2.75, 3.05) is 26.4 Å². The number of fused-ring (bicyclic) bond motifs is 2. The fourth-order valence-electron chi connectivity index (χ4n) is 3.83. The van der Waals surface area contributed by atoms with E-state index >= 15 is 0 Å². The summed E-state index contributed by atoms with van der Waals surface area (Å²) in [5.74, 6) is -1.47. The molecule has 0 fully saturated rings. The summed E-state index contributed by atoms with van der Waals surface area (Å²) in [7, 11) is 0. The van der Waals surface area contributed by atoms with Gasteiger partial charge in [0.25, 0.3) is 0 Å². The van der Waals surface area contributed by atoms with E-state index in [0.717, 1.165) is 19.6 Å². The molecule has 0 aliphatic carbocycles. The van der Waals surface area contributed by atoms with Crippen LogP contribution in [0.5, 0.6) is 0 Å². The van der Waals surface area contributed by atoms with Crippen molar-refractivity contribution in [1.82, 2.24) is 0 Å². The molecule has 0 bridgehead atoms. The van der Waals surface area contributed by atoms with Gasteiger partial charge in [0.05, 0.1) is 60.3 Å². The molecule has 0 atom stereocenters. The number of benzene rings is 1. The molecular weight excluding hydrogens is 545 g/mol. The number of carbonyl (C=O) groups is 4. The molecule has 3 rings (SSSR count). The van der Waals surface area contributed by atoms with Gasteiger partial charge in [-0.05, 0) is 39.8 Å². The minimum Gasteiger partial charge on any atom is -0.466 e. The first kappa shape index (κ1) is 29.1. The molecule has 0 saturated carbocycles. The Morgan fingerprint density at radius 3 is 0.944 bits per heavy atom. The Labute approximate surface area is 228 Å². The molecule has 0 saturated heterocycles. The summed E-state index contributed by atoms with van der Waals surface area (Å²) >= 11 is 5.83. The highest BCUT2D eigenvalue weighted by Gasteiger charge is 2.48. The average Bonchev–Trinajstić information content (AvgIpc) is 3.27. The van der Waals surface area contributed by atoms with Crippen molar-refractivity contribution in [2.24, 2.45) is 0 Å². The Bertz CT molecular complexity index is 858. The van der Waals surface area contributed by atoms with Gasteiger partial charge in [-0.15, -0.1) is 47.0 Å². The van der Waals surface area contributed by atoms with Gasteiger partial charge in [0.1, 0.15) is 0 Å². The highest BCUT2D eigenvalue weighted by molar-refractivity contribution is 8.21. The van der Waals surface area contributed by atoms with Crippen LogP contribution in [-0.2, 0) is 38.1 Å². The van der Waals surface area contributed by atoms with Gasteiger partial charge in [-0.1, -0.05) is 0 Å². The standard InChI is InChI=1S/C24H30O8S4/c1-5-29-19(25)11-23(12-20(26)30-6-2)33-15-9-17-18(10-16(15)34-23)36-24(35-17,13-21(27)31-7-3)14-22(28)32-8-4/h9-10H,5-8,11-14H2,1-4H3. The zero-order valence-corrected chi connectivity index (χ0v) is 24.0. The summed E-state index contributed by atoms with van der Waals surface area (Å²) in [5.41, 5.74) is 0. The topological polar surface area (TPSA) is 105 Å². The molecule has 0 radical (unpaired) electrons. The lowest BCUT2D eigenvalue weighted by Crippen LogP contribution is -2.28. The second-order valence-corrected chi connectivity index (χ2v) is 14.1. The third-order valence-electron chi connectivity index (χ3n) is 5.07. The summed E-state index contributed by atoms with van der Waals surface area (Å²) in [6.45, 7) is 8.05. The van der Waals surface area contributed by atoms with E-state index in [0.29, 0.717) is 0 Å². The van der Waals surface area contributed by atoms with Crippen LogP contribution in [0.2, 0.25) is 0 Å². The minimum absolute atomic E-state index is 0.0598. The van der Waals surface area contributed by atoms with E-state index in [1.54, 1.807) is 27.7 Å². The van der Waals surface area contributed by atoms with Crippen LogP contribution in [-0.4, -0.2) is 58.5 Å². The van der Waals surface area contributed by atoms with E-state index in [1.807, 2.05) is 12.1 Å². The average molecular weight is 575 g/mol. The van der Waals surface area contributed by atoms with Crippen molar-refractivity contribution < 1.29 is 38.1 Å². The number of hydrogen-bond donors (Lipinski definition) is 0. The highest BCUT2D eigenvalue weighted by atomic mass is 32.2. The van der Waals surface area contributed by atoms with Crippen molar-refractivity contribution in [2.45, 2.75) is 81.1 Å². The Kier molecular flexibility index (Phi) is 10.4. The lowest BCUT2D eigenvalue weighted by Gasteiger charge is -2.25. The SMILES string of the molecule is CCOC(=O)CC1(CC(=O)OCC)Sc2cc3c(cc2S1)SC(CC(=O)OCC)(CC(=O)OCC)S3. The first-order chi connectivity index (χ1) is 17.2. The molecule has 198 valence electrons. The fourth-order valence-corrected chi connectivity index (χ4v) is 10.4. The van der Waals surface area contributed by atoms with E-state index in [1.165, 1.54) is 47.0 Å². The largest absolute Gasteiger partial charge is 0.466 e. The predicted octanol–water partition coefficient (Wildman–Crippen LogP) is 5.29. The molecule has 12 heteroatoms. The van der Waals surface area contributed by atoms with Gasteiger partial charge in [0.15, 0.2) is 0 Å². The van der Waals surface area contributed by atoms with Crippen molar-refractivity contribution in [3.05, 3.63) is 12.1 Å². The van der Waals surface area contributed by atoms with Crippen LogP contribution >= 0.6 is 47.0 Å². The molecule has 36 heavy (non-hydrogen) atoms. The van der Waals surface area contributed by atoms with Crippen LogP contribution in [0.1, 0.15) is 53.4 Å². The number of rotatable bonds is 12. The minimum atomic E-state index is -0.766. The normalized spacial score (nSPS) is 16.6. The molecule has 1 aromatic rings. The zero-order chi connectivity index (χ0) is 26.3. The van der Waals surface area contributed by atoms with Crippen molar-refractivity contribution in [1.29, 1.82) is 0 Å². The van der Waals surface area contributed by atoms with E-state index in [2.05, 4.69) is 0 Å². The number of hydrogen-bond acceptors (Lipinski definition) is 12. The van der Waals surface area contributed by atoms with Crippen LogP contribution in [0, 0.1) is 0 Å². The number of thioether (sulfide) groups is 4. The van der Waals surface area contributed by atoms with Crippen LogP contribution in [0.3, 0.4) is 0 Å². The molecule has 2 heterocycles. The first-order valence-corrected chi connectivity index (χ1v) is 15.0. The lowest BCUT2D eigenvalue weighted by atomic mass is 10.2.